The number of methoxy groups -OCH3 is 1. The average molecular weight is 218 g/mol. The molecule has 0 saturated carbocycles. The van der Waals surface area contributed by atoms with Crippen molar-refractivity contribution in [2.24, 2.45) is 11.7 Å². The van der Waals surface area contributed by atoms with Gasteiger partial charge in [0, 0.05) is 25.6 Å². The molecular formula is C10H22N2O3. The van der Waals surface area contributed by atoms with Crippen molar-refractivity contribution in [3.63, 3.8) is 0 Å². The fourth-order valence-electron chi connectivity index (χ4n) is 0.890. The second-order valence-electron chi connectivity index (χ2n) is 3.54. The molecular weight excluding hydrogens is 196 g/mol. The summed E-state index contributed by atoms with van der Waals surface area (Å²) in [6, 6.07) is -0.126. The summed E-state index contributed by atoms with van der Waals surface area (Å²) in [4.78, 5) is 11.4. The molecule has 0 aliphatic heterocycles. The topological polar surface area (TPSA) is 73.6 Å². The minimum atomic E-state index is -0.163. The first kappa shape index (κ1) is 14.3. The molecule has 2 unspecified atom stereocenters. The van der Waals surface area contributed by atoms with Gasteiger partial charge in [0.05, 0.1) is 19.8 Å². The van der Waals surface area contributed by atoms with E-state index in [1.807, 2.05) is 13.8 Å². The van der Waals surface area contributed by atoms with Crippen LogP contribution in [0, 0.1) is 5.92 Å². The highest BCUT2D eigenvalue weighted by molar-refractivity contribution is 5.78. The predicted octanol–water partition coefficient (Wildman–Crippen LogP) is -0.251. The van der Waals surface area contributed by atoms with Gasteiger partial charge in [-0.25, -0.2) is 0 Å². The Balaban J connectivity index is 3.39. The molecule has 0 radical (unpaired) electrons. The molecule has 0 rings (SSSR count). The smallest absolute Gasteiger partial charge is 0.224 e. The highest BCUT2D eigenvalue weighted by Crippen LogP contribution is 1.98. The average Bonchev–Trinajstić information content (AvgIpc) is 2.21. The van der Waals surface area contributed by atoms with E-state index in [0.29, 0.717) is 26.4 Å². The molecule has 2 atom stereocenters. The summed E-state index contributed by atoms with van der Waals surface area (Å²) < 4.78 is 10.0. The van der Waals surface area contributed by atoms with Crippen molar-refractivity contribution < 1.29 is 14.3 Å². The number of hydrogen-bond acceptors (Lipinski definition) is 4. The third-order valence-corrected chi connectivity index (χ3v) is 2.18. The van der Waals surface area contributed by atoms with Gasteiger partial charge >= 0.3 is 0 Å². The number of hydrogen-bond donors (Lipinski definition) is 2. The monoisotopic (exact) mass is 218 g/mol. The molecule has 90 valence electrons. The summed E-state index contributed by atoms with van der Waals surface area (Å²) in [6.07, 6.45) is 0. The third-order valence-electron chi connectivity index (χ3n) is 2.18. The van der Waals surface area contributed by atoms with Gasteiger partial charge < -0.3 is 20.5 Å². The fourth-order valence-corrected chi connectivity index (χ4v) is 0.890. The van der Waals surface area contributed by atoms with Crippen LogP contribution < -0.4 is 11.1 Å². The molecule has 0 aromatic carbocycles. The third kappa shape index (κ3) is 7.30. The van der Waals surface area contributed by atoms with Crippen LogP contribution in [0.25, 0.3) is 0 Å². The number of carbonyl (C=O) groups is 1. The summed E-state index contributed by atoms with van der Waals surface area (Å²) in [5.41, 5.74) is 5.60. The zero-order valence-electron chi connectivity index (χ0n) is 9.79. The summed E-state index contributed by atoms with van der Waals surface area (Å²) in [6.45, 7) is 5.77. The zero-order chi connectivity index (χ0) is 11.7. The Bertz CT molecular complexity index is 174. The van der Waals surface area contributed by atoms with E-state index in [1.165, 1.54) is 0 Å². The lowest BCUT2D eigenvalue weighted by atomic mass is 10.0. The Kier molecular flexibility index (Phi) is 8.27. The van der Waals surface area contributed by atoms with Gasteiger partial charge in [0.1, 0.15) is 0 Å². The lowest BCUT2D eigenvalue weighted by Crippen LogP contribution is -2.39. The molecule has 0 spiro atoms. The summed E-state index contributed by atoms with van der Waals surface area (Å²) >= 11 is 0. The molecule has 5 heteroatoms. The van der Waals surface area contributed by atoms with Crippen LogP contribution in [-0.4, -0.2) is 45.4 Å². The molecule has 5 nitrogen and oxygen atoms in total. The Morgan fingerprint density at radius 1 is 1.33 bits per heavy atom. The Morgan fingerprint density at radius 2 is 2.00 bits per heavy atom. The second kappa shape index (κ2) is 8.64. The molecule has 0 aromatic heterocycles. The molecule has 15 heavy (non-hydrogen) atoms. The Morgan fingerprint density at radius 3 is 2.53 bits per heavy atom. The first-order valence-electron chi connectivity index (χ1n) is 5.19. The van der Waals surface area contributed by atoms with Gasteiger partial charge in [-0.05, 0) is 6.92 Å². The van der Waals surface area contributed by atoms with E-state index in [4.69, 9.17) is 15.2 Å². The summed E-state index contributed by atoms with van der Waals surface area (Å²) in [5.74, 6) is -0.190. The maximum atomic E-state index is 11.4. The van der Waals surface area contributed by atoms with Crippen LogP contribution in [0.15, 0.2) is 0 Å². The maximum Gasteiger partial charge on any atom is 0.224 e. The van der Waals surface area contributed by atoms with Gasteiger partial charge in [0.25, 0.3) is 0 Å². The molecule has 0 fully saturated rings. The van der Waals surface area contributed by atoms with E-state index >= 15 is 0 Å². The Hall–Kier alpha value is -0.650. The van der Waals surface area contributed by atoms with Crippen molar-refractivity contribution in [2.45, 2.75) is 19.9 Å². The SMILES string of the molecule is COCCOCCNC(=O)C(C)C(C)N. The van der Waals surface area contributed by atoms with Crippen LogP contribution in [-0.2, 0) is 14.3 Å². The van der Waals surface area contributed by atoms with Crippen molar-refractivity contribution in [1.82, 2.24) is 5.32 Å². The number of nitrogens with one attached hydrogen (secondary N) is 1. The minimum Gasteiger partial charge on any atom is -0.382 e. The van der Waals surface area contributed by atoms with E-state index in [2.05, 4.69) is 5.32 Å². The molecule has 0 aromatic rings. The Labute approximate surface area is 91.3 Å². The second-order valence-corrected chi connectivity index (χ2v) is 3.54. The van der Waals surface area contributed by atoms with E-state index in [-0.39, 0.29) is 17.9 Å². The van der Waals surface area contributed by atoms with Gasteiger partial charge in [-0.1, -0.05) is 6.92 Å². The fraction of sp³-hybridized carbons (Fsp3) is 0.900. The first-order chi connectivity index (χ1) is 7.09. The van der Waals surface area contributed by atoms with E-state index in [9.17, 15) is 4.79 Å². The standard InChI is InChI=1S/C10H22N2O3/c1-8(9(2)11)10(13)12-4-5-15-7-6-14-3/h8-9H,4-7,11H2,1-3H3,(H,12,13). The lowest BCUT2D eigenvalue weighted by molar-refractivity contribution is -0.125. The maximum absolute atomic E-state index is 11.4. The van der Waals surface area contributed by atoms with Crippen molar-refractivity contribution in [3.05, 3.63) is 0 Å². The minimum absolute atomic E-state index is 0.0275. The molecule has 0 aliphatic carbocycles. The van der Waals surface area contributed by atoms with Gasteiger partial charge in [0.15, 0.2) is 0 Å². The van der Waals surface area contributed by atoms with E-state index < -0.39 is 0 Å². The van der Waals surface area contributed by atoms with Crippen molar-refractivity contribution in [3.8, 4) is 0 Å². The number of amides is 1. The molecule has 0 saturated heterocycles. The largest absolute Gasteiger partial charge is 0.382 e. The number of carbonyl (C=O) groups excluding carboxylic acids is 1. The van der Waals surface area contributed by atoms with Crippen LogP contribution >= 0.6 is 0 Å². The molecule has 0 heterocycles. The summed E-state index contributed by atoms with van der Waals surface area (Å²) in [5, 5.41) is 2.76. The van der Waals surface area contributed by atoms with Crippen molar-refractivity contribution in [2.75, 3.05) is 33.5 Å². The normalized spacial score (nSPS) is 14.7. The van der Waals surface area contributed by atoms with Crippen LogP contribution in [0.1, 0.15) is 13.8 Å². The van der Waals surface area contributed by atoms with Crippen LogP contribution in [0.2, 0.25) is 0 Å². The van der Waals surface area contributed by atoms with Gasteiger partial charge in [-0.15, -0.1) is 0 Å². The van der Waals surface area contributed by atoms with Crippen LogP contribution in [0.4, 0.5) is 0 Å². The van der Waals surface area contributed by atoms with Crippen molar-refractivity contribution in [1.29, 1.82) is 0 Å². The van der Waals surface area contributed by atoms with Crippen LogP contribution in [0.3, 0.4) is 0 Å². The van der Waals surface area contributed by atoms with Gasteiger partial charge in [0.2, 0.25) is 5.91 Å². The number of rotatable bonds is 8. The molecule has 0 bridgehead atoms. The number of ether oxygens (including phenoxy) is 2. The van der Waals surface area contributed by atoms with Gasteiger partial charge in [-0.2, -0.15) is 0 Å². The molecule has 0 aliphatic rings. The predicted molar refractivity (Wildman–Crippen MR) is 58.5 cm³/mol. The highest BCUT2D eigenvalue weighted by Gasteiger charge is 2.15. The quantitative estimate of drug-likeness (QED) is 0.551. The first-order valence-corrected chi connectivity index (χ1v) is 5.19. The lowest BCUT2D eigenvalue weighted by Gasteiger charge is -2.15. The highest BCUT2D eigenvalue weighted by atomic mass is 16.5. The molecule has 3 N–H and O–H groups in total. The van der Waals surface area contributed by atoms with Crippen molar-refractivity contribution >= 4 is 5.91 Å². The number of nitrogens with two attached hydrogens (primary N) is 1. The zero-order valence-corrected chi connectivity index (χ0v) is 9.79. The molecule has 1 amide bonds. The van der Waals surface area contributed by atoms with Gasteiger partial charge in [-0.3, -0.25) is 4.79 Å². The van der Waals surface area contributed by atoms with E-state index in [1.54, 1.807) is 7.11 Å². The van der Waals surface area contributed by atoms with Crippen LogP contribution in [0.5, 0.6) is 0 Å². The summed E-state index contributed by atoms with van der Waals surface area (Å²) in [7, 11) is 1.62. The van der Waals surface area contributed by atoms with E-state index in [0.717, 1.165) is 0 Å².